The Kier molecular flexibility index (Phi) is 3.47. The maximum atomic E-state index is 11.9. The molecule has 21 heavy (non-hydrogen) atoms. The fourth-order valence-electron chi connectivity index (χ4n) is 2.01. The van der Waals surface area contributed by atoms with E-state index in [2.05, 4.69) is 15.0 Å². The Morgan fingerprint density at radius 1 is 1.24 bits per heavy atom. The van der Waals surface area contributed by atoms with Gasteiger partial charge in [-0.25, -0.2) is 4.98 Å². The smallest absolute Gasteiger partial charge is 0.259 e. The highest BCUT2D eigenvalue weighted by Crippen LogP contribution is 2.14. The summed E-state index contributed by atoms with van der Waals surface area (Å²) < 4.78 is 5.17. The van der Waals surface area contributed by atoms with Crippen molar-refractivity contribution in [2.75, 3.05) is 7.11 Å². The van der Waals surface area contributed by atoms with Crippen LogP contribution in [0, 0.1) is 0 Å². The third-order valence-electron chi connectivity index (χ3n) is 3.05. The van der Waals surface area contributed by atoms with Crippen LogP contribution >= 0.6 is 0 Å². The minimum Gasteiger partial charge on any atom is -0.497 e. The van der Waals surface area contributed by atoms with Gasteiger partial charge in [-0.15, -0.1) is 0 Å². The predicted molar refractivity (Wildman–Crippen MR) is 82.1 cm³/mol. The van der Waals surface area contributed by atoms with Crippen molar-refractivity contribution in [3.05, 3.63) is 64.5 Å². The van der Waals surface area contributed by atoms with Gasteiger partial charge in [0.2, 0.25) is 0 Å². The second kappa shape index (κ2) is 5.58. The average molecular weight is 279 g/mol. The van der Waals surface area contributed by atoms with E-state index >= 15 is 0 Å². The lowest BCUT2D eigenvalue weighted by molar-refractivity contribution is 0.414. The van der Waals surface area contributed by atoms with Crippen LogP contribution in [-0.2, 0) is 0 Å². The number of nitrogens with zero attached hydrogens (tertiary/aromatic N) is 2. The van der Waals surface area contributed by atoms with E-state index < -0.39 is 0 Å². The Morgan fingerprint density at radius 3 is 3.00 bits per heavy atom. The van der Waals surface area contributed by atoms with Gasteiger partial charge < -0.3 is 9.72 Å². The van der Waals surface area contributed by atoms with E-state index in [9.17, 15) is 4.79 Å². The van der Waals surface area contributed by atoms with Crippen molar-refractivity contribution >= 4 is 23.1 Å². The first-order chi connectivity index (χ1) is 10.3. The van der Waals surface area contributed by atoms with Crippen LogP contribution in [0.15, 0.2) is 47.5 Å². The third kappa shape index (κ3) is 2.81. The van der Waals surface area contributed by atoms with Gasteiger partial charge in [0.25, 0.3) is 5.56 Å². The molecule has 5 nitrogen and oxygen atoms in total. The first-order valence-corrected chi connectivity index (χ1v) is 6.42. The predicted octanol–water partition coefficient (Wildman–Crippen LogP) is 2.50. The van der Waals surface area contributed by atoms with E-state index in [0.717, 1.165) is 11.3 Å². The molecule has 0 aliphatic heterocycles. The van der Waals surface area contributed by atoms with Crippen molar-refractivity contribution in [2.24, 2.45) is 0 Å². The number of pyridine rings is 1. The zero-order valence-electron chi connectivity index (χ0n) is 11.4. The number of fused-ring (bicyclic) bond motifs is 1. The molecule has 0 saturated carbocycles. The topological polar surface area (TPSA) is 67.9 Å². The van der Waals surface area contributed by atoms with Gasteiger partial charge in [0, 0.05) is 6.20 Å². The highest BCUT2D eigenvalue weighted by atomic mass is 16.5. The lowest BCUT2D eigenvalue weighted by Crippen LogP contribution is -2.09. The van der Waals surface area contributed by atoms with E-state index in [-0.39, 0.29) is 5.56 Å². The molecule has 2 aromatic heterocycles. The summed E-state index contributed by atoms with van der Waals surface area (Å²) in [5.74, 6) is 1.27. The van der Waals surface area contributed by atoms with Crippen molar-refractivity contribution in [3.8, 4) is 5.75 Å². The number of hydrogen-bond donors (Lipinski definition) is 1. The van der Waals surface area contributed by atoms with Crippen LogP contribution in [0.25, 0.3) is 23.1 Å². The van der Waals surface area contributed by atoms with Gasteiger partial charge in [0.05, 0.1) is 24.2 Å². The van der Waals surface area contributed by atoms with Crippen LogP contribution in [0.4, 0.5) is 0 Å². The number of hydrogen-bond acceptors (Lipinski definition) is 4. The molecule has 1 N–H and O–H groups in total. The molecule has 1 aromatic carbocycles. The normalized spacial score (nSPS) is 11.1. The molecule has 0 fully saturated rings. The fourth-order valence-corrected chi connectivity index (χ4v) is 2.01. The van der Waals surface area contributed by atoms with Gasteiger partial charge in [0.1, 0.15) is 11.6 Å². The van der Waals surface area contributed by atoms with Crippen LogP contribution < -0.4 is 10.3 Å². The molecule has 0 bridgehead atoms. The van der Waals surface area contributed by atoms with Gasteiger partial charge in [-0.1, -0.05) is 18.2 Å². The zero-order chi connectivity index (χ0) is 14.7. The summed E-state index contributed by atoms with van der Waals surface area (Å²) in [7, 11) is 1.62. The van der Waals surface area contributed by atoms with E-state index in [1.807, 2.05) is 30.3 Å². The van der Waals surface area contributed by atoms with Crippen LogP contribution in [0.2, 0.25) is 0 Å². The molecule has 5 heteroatoms. The molecule has 0 amide bonds. The van der Waals surface area contributed by atoms with Gasteiger partial charge in [0.15, 0.2) is 0 Å². The second-order valence-corrected chi connectivity index (χ2v) is 4.45. The number of benzene rings is 1. The van der Waals surface area contributed by atoms with Crippen LogP contribution in [0.5, 0.6) is 5.75 Å². The molecule has 0 atom stereocenters. The Labute approximate surface area is 121 Å². The minimum atomic E-state index is -0.173. The number of ether oxygens (including phenoxy) is 1. The first-order valence-electron chi connectivity index (χ1n) is 6.42. The highest BCUT2D eigenvalue weighted by Gasteiger charge is 2.01. The monoisotopic (exact) mass is 279 g/mol. The largest absolute Gasteiger partial charge is 0.497 e. The molecular formula is C16H13N3O2. The summed E-state index contributed by atoms with van der Waals surface area (Å²) in [6.07, 6.45) is 6.77. The molecule has 2 heterocycles. The molecule has 0 spiro atoms. The third-order valence-corrected chi connectivity index (χ3v) is 3.05. The van der Waals surface area contributed by atoms with Gasteiger partial charge in [-0.3, -0.25) is 9.78 Å². The highest BCUT2D eigenvalue weighted by molar-refractivity contribution is 5.78. The van der Waals surface area contributed by atoms with E-state index in [1.54, 1.807) is 31.6 Å². The van der Waals surface area contributed by atoms with Crippen molar-refractivity contribution in [2.45, 2.75) is 0 Å². The quantitative estimate of drug-likeness (QED) is 0.799. The molecule has 3 aromatic rings. The summed E-state index contributed by atoms with van der Waals surface area (Å²) in [5, 5.41) is 0.531. The number of H-pyrrole nitrogens is 1. The lowest BCUT2D eigenvalue weighted by atomic mass is 10.2. The van der Waals surface area contributed by atoms with E-state index in [4.69, 9.17) is 4.74 Å². The van der Waals surface area contributed by atoms with Crippen molar-refractivity contribution in [1.29, 1.82) is 0 Å². The zero-order valence-corrected chi connectivity index (χ0v) is 11.4. The van der Waals surface area contributed by atoms with Crippen molar-refractivity contribution in [3.63, 3.8) is 0 Å². The summed E-state index contributed by atoms with van der Waals surface area (Å²) in [4.78, 5) is 23.0. The SMILES string of the molecule is COc1cccc(C=Cc2nc3cnccc3c(=O)[nH]2)c1. The Hall–Kier alpha value is -2.95. The van der Waals surface area contributed by atoms with E-state index in [1.165, 1.54) is 0 Å². The summed E-state index contributed by atoms with van der Waals surface area (Å²) in [6, 6.07) is 9.27. The summed E-state index contributed by atoms with van der Waals surface area (Å²) >= 11 is 0. The average Bonchev–Trinajstić information content (AvgIpc) is 2.53. The molecule has 0 unspecified atom stereocenters. The van der Waals surface area contributed by atoms with Gasteiger partial charge in [-0.05, 0) is 29.8 Å². The van der Waals surface area contributed by atoms with Crippen LogP contribution in [0.3, 0.4) is 0 Å². The second-order valence-electron chi connectivity index (χ2n) is 4.45. The number of rotatable bonds is 3. The first kappa shape index (κ1) is 13.1. The minimum absolute atomic E-state index is 0.173. The fraction of sp³-hybridized carbons (Fsp3) is 0.0625. The van der Waals surface area contributed by atoms with Gasteiger partial charge in [-0.2, -0.15) is 0 Å². The molecular weight excluding hydrogens is 266 g/mol. The summed E-state index contributed by atoms with van der Waals surface area (Å²) in [6.45, 7) is 0. The van der Waals surface area contributed by atoms with Crippen LogP contribution in [0.1, 0.15) is 11.4 Å². The Morgan fingerprint density at radius 2 is 2.14 bits per heavy atom. The molecule has 0 radical (unpaired) electrons. The van der Waals surface area contributed by atoms with E-state index in [0.29, 0.717) is 16.7 Å². The molecule has 104 valence electrons. The number of methoxy groups -OCH3 is 1. The molecule has 0 saturated heterocycles. The maximum Gasteiger partial charge on any atom is 0.259 e. The van der Waals surface area contributed by atoms with Crippen molar-refractivity contribution < 1.29 is 4.74 Å². The molecule has 3 rings (SSSR count). The summed E-state index contributed by atoms with van der Waals surface area (Å²) in [5.41, 5.74) is 1.36. The number of aromatic nitrogens is 3. The molecule has 0 aliphatic carbocycles. The number of aromatic amines is 1. The van der Waals surface area contributed by atoms with Crippen molar-refractivity contribution in [1.82, 2.24) is 15.0 Å². The maximum absolute atomic E-state index is 11.9. The molecule has 0 aliphatic rings. The van der Waals surface area contributed by atoms with Gasteiger partial charge >= 0.3 is 0 Å². The standard InChI is InChI=1S/C16H13N3O2/c1-21-12-4-2-3-11(9-12)5-6-15-18-14-10-17-8-7-13(14)16(20)19-15/h2-10H,1H3,(H,18,19,20). The number of nitrogens with one attached hydrogen (secondary N) is 1. The Bertz CT molecular complexity index is 869. The Balaban J connectivity index is 1.97. The lowest BCUT2D eigenvalue weighted by Gasteiger charge is -2.00. The van der Waals surface area contributed by atoms with Crippen LogP contribution in [-0.4, -0.2) is 22.1 Å².